The van der Waals surface area contributed by atoms with Gasteiger partial charge in [-0.05, 0) is 19.1 Å². The third-order valence-electron chi connectivity index (χ3n) is 3.61. The van der Waals surface area contributed by atoms with Crippen molar-refractivity contribution in [2.75, 3.05) is 31.1 Å². The Labute approximate surface area is 123 Å². The summed E-state index contributed by atoms with van der Waals surface area (Å²) in [4.78, 5) is 6.65. The highest BCUT2D eigenvalue weighted by atomic mass is 32.2. The van der Waals surface area contributed by atoms with Gasteiger partial charge < -0.3 is 4.90 Å². The maximum absolute atomic E-state index is 12.5. The van der Waals surface area contributed by atoms with E-state index >= 15 is 0 Å². The molecule has 0 aromatic carbocycles. The lowest BCUT2D eigenvalue weighted by molar-refractivity contribution is 0.383. The number of aryl methyl sites for hydroxylation is 1. The molecule has 0 spiro atoms. The molecule has 0 bridgehead atoms. The molecule has 1 saturated heterocycles. The molecule has 0 aliphatic carbocycles. The molecule has 3 rings (SSSR count). The second-order valence-electron chi connectivity index (χ2n) is 4.94. The van der Waals surface area contributed by atoms with Crippen LogP contribution in [-0.4, -0.2) is 54.1 Å². The van der Waals surface area contributed by atoms with E-state index < -0.39 is 10.0 Å². The molecule has 1 fully saturated rings. The molecular formula is C13H17N5O2S. The normalized spacial score (nSPS) is 17.1. The van der Waals surface area contributed by atoms with E-state index in [0.29, 0.717) is 31.9 Å². The highest BCUT2D eigenvalue weighted by Crippen LogP contribution is 2.20. The van der Waals surface area contributed by atoms with Crippen LogP contribution >= 0.6 is 0 Å². The molecule has 0 atom stereocenters. The SMILES string of the molecule is Cc1[nH]ncc1S(=O)(=O)N1CCN(c2ccccn2)CC1. The zero-order chi connectivity index (χ0) is 14.9. The van der Waals surface area contributed by atoms with Crippen LogP contribution in [0.15, 0.2) is 35.5 Å². The number of aromatic nitrogens is 3. The molecule has 3 heterocycles. The molecule has 0 saturated carbocycles. The van der Waals surface area contributed by atoms with Crippen molar-refractivity contribution < 1.29 is 8.42 Å². The Morgan fingerprint density at radius 1 is 1.19 bits per heavy atom. The van der Waals surface area contributed by atoms with Crippen molar-refractivity contribution in [3.63, 3.8) is 0 Å². The van der Waals surface area contributed by atoms with Crippen LogP contribution < -0.4 is 4.90 Å². The number of hydrogen-bond acceptors (Lipinski definition) is 5. The summed E-state index contributed by atoms with van der Waals surface area (Å²) >= 11 is 0. The molecule has 21 heavy (non-hydrogen) atoms. The predicted molar refractivity (Wildman–Crippen MR) is 78.5 cm³/mol. The summed E-state index contributed by atoms with van der Waals surface area (Å²) in [5, 5.41) is 6.47. The van der Waals surface area contributed by atoms with Gasteiger partial charge in [0.2, 0.25) is 10.0 Å². The van der Waals surface area contributed by atoms with Gasteiger partial charge in [0.1, 0.15) is 10.7 Å². The van der Waals surface area contributed by atoms with Crippen LogP contribution in [0, 0.1) is 6.92 Å². The van der Waals surface area contributed by atoms with Gasteiger partial charge in [-0.1, -0.05) is 6.07 Å². The minimum atomic E-state index is -3.46. The molecule has 0 unspecified atom stereocenters. The standard InChI is InChI=1S/C13H17N5O2S/c1-11-12(10-15-16-11)21(19,20)18-8-6-17(7-9-18)13-4-2-3-5-14-13/h2-5,10H,6-9H2,1H3,(H,15,16). The Kier molecular flexibility index (Phi) is 3.64. The van der Waals surface area contributed by atoms with E-state index in [0.717, 1.165) is 5.82 Å². The first-order valence-corrected chi connectivity index (χ1v) is 8.19. The Hall–Kier alpha value is -1.93. The third kappa shape index (κ3) is 2.64. The molecule has 0 radical (unpaired) electrons. The zero-order valence-electron chi connectivity index (χ0n) is 11.7. The zero-order valence-corrected chi connectivity index (χ0v) is 12.5. The molecule has 2 aromatic rings. The van der Waals surface area contributed by atoms with E-state index in [1.54, 1.807) is 13.1 Å². The molecule has 7 nitrogen and oxygen atoms in total. The molecule has 112 valence electrons. The Morgan fingerprint density at radius 3 is 2.52 bits per heavy atom. The molecular weight excluding hydrogens is 290 g/mol. The minimum Gasteiger partial charge on any atom is -0.354 e. The predicted octanol–water partition coefficient (Wildman–Crippen LogP) is 0.624. The van der Waals surface area contributed by atoms with Gasteiger partial charge in [0, 0.05) is 32.4 Å². The fourth-order valence-electron chi connectivity index (χ4n) is 2.44. The van der Waals surface area contributed by atoms with Gasteiger partial charge in [0.15, 0.2) is 0 Å². The van der Waals surface area contributed by atoms with Gasteiger partial charge in [-0.2, -0.15) is 9.40 Å². The van der Waals surface area contributed by atoms with Crippen molar-refractivity contribution >= 4 is 15.8 Å². The van der Waals surface area contributed by atoms with Crippen LogP contribution in [-0.2, 0) is 10.0 Å². The molecule has 1 N–H and O–H groups in total. The number of rotatable bonds is 3. The van der Waals surface area contributed by atoms with Gasteiger partial charge in [-0.3, -0.25) is 5.10 Å². The summed E-state index contributed by atoms with van der Waals surface area (Å²) in [6, 6.07) is 5.73. The van der Waals surface area contributed by atoms with E-state index in [4.69, 9.17) is 0 Å². The summed E-state index contributed by atoms with van der Waals surface area (Å²) in [7, 11) is -3.46. The number of nitrogens with one attached hydrogen (secondary N) is 1. The molecule has 0 amide bonds. The van der Waals surface area contributed by atoms with Crippen molar-refractivity contribution in [1.29, 1.82) is 0 Å². The second kappa shape index (κ2) is 5.45. The van der Waals surface area contributed by atoms with Crippen molar-refractivity contribution in [2.24, 2.45) is 0 Å². The number of H-pyrrole nitrogens is 1. The summed E-state index contributed by atoms with van der Waals surface area (Å²) < 4.78 is 26.6. The van der Waals surface area contributed by atoms with Crippen molar-refractivity contribution in [3.8, 4) is 0 Å². The van der Waals surface area contributed by atoms with Gasteiger partial charge in [-0.25, -0.2) is 13.4 Å². The van der Waals surface area contributed by atoms with E-state index in [2.05, 4.69) is 20.1 Å². The number of anilines is 1. The Morgan fingerprint density at radius 2 is 1.95 bits per heavy atom. The van der Waals surface area contributed by atoms with Crippen LogP contribution in [0.3, 0.4) is 0 Å². The van der Waals surface area contributed by atoms with Crippen LogP contribution in [0.5, 0.6) is 0 Å². The van der Waals surface area contributed by atoms with Gasteiger partial charge in [-0.15, -0.1) is 0 Å². The fraction of sp³-hybridized carbons (Fsp3) is 0.385. The Bertz CT molecular complexity index is 705. The van der Waals surface area contributed by atoms with Crippen LogP contribution in [0.1, 0.15) is 5.69 Å². The van der Waals surface area contributed by atoms with Crippen LogP contribution in [0.4, 0.5) is 5.82 Å². The minimum absolute atomic E-state index is 0.258. The highest BCUT2D eigenvalue weighted by Gasteiger charge is 2.30. The monoisotopic (exact) mass is 307 g/mol. The summed E-state index contributed by atoms with van der Waals surface area (Å²) in [5.74, 6) is 0.883. The van der Waals surface area contributed by atoms with Crippen molar-refractivity contribution in [1.82, 2.24) is 19.5 Å². The maximum Gasteiger partial charge on any atom is 0.246 e. The lowest BCUT2D eigenvalue weighted by Crippen LogP contribution is -2.48. The number of pyridine rings is 1. The highest BCUT2D eigenvalue weighted by molar-refractivity contribution is 7.89. The fourth-order valence-corrected chi connectivity index (χ4v) is 3.98. The van der Waals surface area contributed by atoms with Crippen LogP contribution in [0.2, 0.25) is 0 Å². The second-order valence-corrected chi connectivity index (χ2v) is 6.84. The van der Waals surface area contributed by atoms with Gasteiger partial charge in [0.25, 0.3) is 0 Å². The lowest BCUT2D eigenvalue weighted by atomic mass is 10.3. The van der Waals surface area contributed by atoms with E-state index in [9.17, 15) is 8.42 Å². The average molecular weight is 307 g/mol. The summed E-state index contributed by atoms with van der Waals surface area (Å²) in [6.07, 6.45) is 3.11. The van der Waals surface area contributed by atoms with E-state index in [-0.39, 0.29) is 4.90 Å². The smallest absolute Gasteiger partial charge is 0.246 e. The third-order valence-corrected chi connectivity index (χ3v) is 5.63. The van der Waals surface area contributed by atoms with Crippen molar-refractivity contribution in [3.05, 3.63) is 36.3 Å². The van der Waals surface area contributed by atoms with E-state index in [1.165, 1.54) is 10.5 Å². The maximum atomic E-state index is 12.5. The molecule has 1 aliphatic rings. The first-order chi connectivity index (χ1) is 10.1. The molecule has 8 heteroatoms. The van der Waals surface area contributed by atoms with Crippen molar-refractivity contribution in [2.45, 2.75) is 11.8 Å². The lowest BCUT2D eigenvalue weighted by Gasteiger charge is -2.34. The number of piperazine rings is 1. The quantitative estimate of drug-likeness (QED) is 0.899. The van der Waals surface area contributed by atoms with Gasteiger partial charge >= 0.3 is 0 Å². The number of nitrogens with zero attached hydrogens (tertiary/aromatic N) is 4. The summed E-state index contributed by atoms with van der Waals surface area (Å²) in [5.41, 5.74) is 0.571. The number of hydrogen-bond donors (Lipinski definition) is 1. The first kappa shape index (κ1) is 14.0. The number of aromatic amines is 1. The molecule has 1 aliphatic heterocycles. The largest absolute Gasteiger partial charge is 0.354 e. The first-order valence-electron chi connectivity index (χ1n) is 6.75. The number of sulfonamides is 1. The van der Waals surface area contributed by atoms with Crippen LogP contribution in [0.25, 0.3) is 0 Å². The average Bonchev–Trinajstić information content (AvgIpc) is 2.95. The topological polar surface area (TPSA) is 82.2 Å². The summed E-state index contributed by atoms with van der Waals surface area (Å²) in [6.45, 7) is 3.87. The molecule has 2 aromatic heterocycles. The van der Waals surface area contributed by atoms with Gasteiger partial charge in [0.05, 0.1) is 11.9 Å². The Balaban J connectivity index is 1.73. The van der Waals surface area contributed by atoms with E-state index in [1.807, 2.05) is 18.2 Å².